The number of hydrogen-bond donors (Lipinski definition) is 0. The van der Waals surface area contributed by atoms with Crippen molar-refractivity contribution in [2.45, 2.75) is 52.2 Å². The first-order valence-corrected chi connectivity index (χ1v) is 9.41. The standard InChI is InChI=1S/C23H23ClFO2/c1-6-14-7-8-15(17-10-9-16(24)12-20(17)25)11-18(14)19-13-22(2,3)27-23(4,5)21(19)26/h7-12H,6H2,1-5H3. The lowest BCUT2D eigenvalue weighted by molar-refractivity contribution is -0.151. The maximum Gasteiger partial charge on any atom is 0.195 e. The predicted octanol–water partition coefficient (Wildman–Crippen LogP) is 6.05. The summed E-state index contributed by atoms with van der Waals surface area (Å²) in [7, 11) is 0. The number of ketones is 1. The summed E-state index contributed by atoms with van der Waals surface area (Å²) in [6.07, 6.45) is 3.97. The molecule has 3 rings (SSSR count). The number of hydrogen-bond acceptors (Lipinski definition) is 2. The second kappa shape index (κ2) is 6.88. The van der Waals surface area contributed by atoms with Gasteiger partial charge in [0, 0.05) is 22.2 Å². The normalized spacial score (nSPS) is 18.3. The summed E-state index contributed by atoms with van der Waals surface area (Å²) in [6.45, 7) is 9.34. The van der Waals surface area contributed by atoms with E-state index in [0.717, 1.165) is 17.5 Å². The lowest BCUT2D eigenvalue weighted by Crippen LogP contribution is -2.47. The second-order valence-electron chi connectivity index (χ2n) is 7.80. The number of benzene rings is 2. The first kappa shape index (κ1) is 19.8. The molecule has 0 N–H and O–H groups in total. The summed E-state index contributed by atoms with van der Waals surface area (Å²) >= 11 is 5.87. The highest BCUT2D eigenvalue weighted by Gasteiger charge is 2.42. The number of carbonyl (C=O) groups is 1. The minimum atomic E-state index is -0.948. The molecule has 0 atom stereocenters. The highest BCUT2D eigenvalue weighted by Crippen LogP contribution is 2.38. The van der Waals surface area contributed by atoms with Crippen LogP contribution < -0.4 is 0 Å². The summed E-state index contributed by atoms with van der Waals surface area (Å²) < 4.78 is 20.3. The van der Waals surface area contributed by atoms with Gasteiger partial charge in [0.25, 0.3) is 0 Å². The van der Waals surface area contributed by atoms with E-state index in [-0.39, 0.29) is 5.78 Å². The van der Waals surface area contributed by atoms with Crippen molar-refractivity contribution in [3.05, 3.63) is 64.4 Å². The van der Waals surface area contributed by atoms with Crippen molar-refractivity contribution in [3.63, 3.8) is 0 Å². The molecule has 0 amide bonds. The van der Waals surface area contributed by atoms with Gasteiger partial charge in [-0.25, -0.2) is 4.39 Å². The van der Waals surface area contributed by atoms with Crippen LogP contribution in [0.25, 0.3) is 16.7 Å². The molecule has 2 aromatic carbocycles. The fourth-order valence-electron chi connectivity index (χ4n) is 3.57. The first-order chi connectivity index (χ1) is 12.5. The van der Waals surface area contributed by atoms with Gasteiger partial charge >= 0.3 is 0 Å². The number of carbonyl (C=O) groups excluding carboxylic acids is 1. The Bertz CT molecular complexity index is 941. The van der Waals surface area contributed by atoms with Crippen LogP contribution in [0.4, 0.5) is 4.39 Å². The summed E-state index contributed by atoms with van der Waals surface area (Å²) in [4.78, 5) is 13.0. The molecule has 0 aliphatic carbocycles. The van der Waals surface area contributed by atoms with E-state index in [4.69, 9.17) is 16.3 Å². The Hall–Kier alpha value is -1.97. The zero-order valence-electron chi connectivity index (χ0n) is 16.2. The minimum absolute atomic E-state index is 0.120. The summed E-state index contributed by atoms with van der Waals surface area (Å²) in [5, 5.41) is 0.348. The zero-order valence-corrected chi connectivity index (χ0v) is 17.0. The molecule has 2 aromatic rings. The molecule has 0 bridgehead atoms. The van der Waals surface area contributed by atoms with Crippen LogP contribution in [0.5, 0.6) is 0 Å². The summed E-state index contributed by atoms with van der Waals surface area (Å²) in [6, 6.07) is 10.3. The molecule has 1 aliphatic heterocycles. The van der Waals surface area contributed by atoms with E-state index in [1.54, 1.807) is 26.0 Å². The number of Topliss-reactive ketones (excluding diaryl/α,β-unsaturated/α-hetero) is 1. The Kier molecular flexibility index (Phi) is 5.04. The van der Waals surface area contributed by atoms with Crippen molar-refractivity contribution in [3.8, 4) is 11.1 Å². The zero-order chi connectivity index (χ0) is 20.0. The van der Waals surface area contributed by atoms with Crippen molar-refractivity contribution in [2.75, 3.05) is 0 Å². The number of halogens is 2. The molecular weight excluding hydrogens is 363 g/mol. The molecule has 0 spiro atoms. The molecule has 4 heteroatoms. The molecule has 0 unspecified atom stereocenters. The predicted molar refractivity (Wildman–Crippen MR) is 107 cm³/mol. The smallest absolute Gasteiger partial charge is 0.195 e. The molecule has 1 radical (unpaired) electrons. The van der Waals surface area contributed by atoms with Crippen LogP contribution in [0, 0.1) is 11.9 Å². The van der Waals surface area contributed by atoms with E-state index in [1.807, 2.05) is 39.0 Å². The maximum atomic E-state index is 14.4. The molecular formula is C23H23ClFO2. The monoisotopic (exact) mass is 385 g/mol. The number of aryl methyl sites for hydroxylation is 1. The largest absolute Gasteiger partial charge is 0.357 e. The van der Waals surface area contributed by atoms with Gasteiger partial charge in [-0.15, -0.1) is 0 Å². The van der Waals surface area contributed by atoms with Gasteiger partial charge in [0.05, 0.1) is 5.60 Å². The van der Waals surface area contributed by atoms with Crippen molar-refractivity contribution < 1.29 is 13.9 Å². The third-order valence-corrected chi connectivity index (χ3v) is 4.95. The number of ether oxygens (including phenoxy) is 1. The summed E-state index contributed by atoms with van der Waals surface area (Å²) in [5.74, 6) is -0.514. The summed E-state index contributed by atoms with van der Waals surface area (Å²) in [5.41, 5.74) is 1.79. The SMILES string of the molecule is CCc1ccc(-c2ccc(Cl)cc2F)cc1C1=[C]C(C)(C)OC(C)(C)C1=O. The molecule has 0 fully saturated rings. The van der Waals surface area contributed by atoms with Crippen LogP contribution in [0.1, 0.15) is 45.7 Å². The third kappa shape index (κ3) is 3.85. The Balaban J connectivity index is 2.20. The number of rotatable bonds is 3. The van der Waals surface area contributed by atoms with E-state index < -0.39 is 17.0 Å². The second-order valence-corrected chi connectivity index (χ2v) is 8.24. The van der Waals surface area contributed by atoms with Gasteiger partial charge in [-0.3, -0.25) is 4.79 Å². The van der Waals surface area contributed by atoms with E-state index in [2.05, 4.69) is 6.08 Å². The fourth-order valence-corrected chi connectivity index (χ4v) is 3.73. The lowest BCUT2D eigenvalue weighted by Gasteiger charge is -2.38. The van der Waals surface area contributed by atoms with Crippen molar-refractivity contribution in [1.29, 1.82) is 0 Å². The van der Waals surface area contributed by atoms with Crippen molar-refractivity contribution in [2.24, 2.45) is 0 Å². The van der Waals surface area contributed by atoms with E-state index in [1.165, 1.54) is 6.07 Å². The van der Waals surface area contributed by atoms with Crippen molar-refractivity contribution in [1.82, 2.24) is 0 Å². The maximum absolute atomic E-state index is 14.4. The Morgan fingerprint density at radius 2 is 1.78 bits per heavy atom. The molecule has 0 saturated heterocycles. The van der Waals surface area contributed by atoms with Crippen LogP contribution in [0.2, 0.25) is 5.02 Å². The Morgan fingerprint density at radius 3 is 2.41 bits per heavy atom. The van der Waals surface area contributed by atoms with Gasteiger partial charge in [-0.2, -0.15) is 0 Å². The van der Waals surface area contributed by atoms with Gasteiger partial charge in [0.2, 0.25) is 0 Å². The highest BCUT2D eigenvalue weighted by atomic mass is 35.5. The first-order valence-electron chi connectivity index (χ1n) is 9.03. The fraction of sp³-hybridized carbons (Fsp3) is 0.348. The average Bonchev–Trinajstić information content (AvgIpc) is 2.57. The van der Waals surface area contributed by atoms with Crippen LogP contribution in [-0.2, 0) is 16.0 Å². The van der Waals surface area contributed by atoms with Crippen LogP contribution in [0.3, 0.4) is 0 Å². The molecule has 0 aromatic heterocycles. The Morgan fingerprint density at radius 1 is 1.07 bits per heavy atom. The average molecular weight is 386 g/mol. The van der Waals surface area contributed by atoms with Crippen LogP contribution >= 0.6 is 11.6 Å². The highest BCUT2D eigenvalue weighted by molar-refractivity contribution is 6.30. The Labute approximate surface area is 165 Å². The van der Waals surface area contributed by atoms with Gasteiger partial charge in [-0.1, -0.05) is 30.7 Å². The van der Waals surface area contributed by atoms with Gasteiger partial charge < -0.3 is 4.74 Å². The van der Waals surface area contributed by atoms with E-state index in [9.17, 15) is 9.18 Å². The molecule has 0 saturated carbocycles. The molecule has 1 aliphatic rings. The topological polar surface area (TPSA) is 26.3 Å². The van der Waals surface area contributed by atoms with Crippen LogP contribution in [0.15, 0.2) is 36.4 Å². The quantitative estimate of drug-likeness (QED) is 0.642. The van der Waals surface area contributed by atoms with E-state index >= 15 is 0 Å². The minimum Gasteiger partial charge on any atom is -0.357 e. The van der Waals surface area contributed by atoms with Gasteiger partial charge in [0.1, 0.15) is 11.4 Å². The molecule has 141 valence electrons. The third-order valence-electron chi connectivity index (χ3n) is 4.71. The van der Waals surface area contributed by atoms with Gasteiger partial charge in [0.15, 0.2) is 5.78 Å². The lowest BCUT2D eigenvalue weighted by atomic mass is 9.82. The van der Waals surface area contributed by atoms with E-state index in [0.29, 0.717) is 21.7 Å². The molecule has 27 heavy (non-hydrogen) atoms. The molecule has 1 heterocycles. The van der Waals surface area contributed by atoms with Crippen molar-refractivity contribution >= 4 is 23.0 Å². The van der Waals surface area contributed by atoms with Crippen LogP contribution in [-0.4, -0.2) is 17.0 Å². The molecule has 2 nitrogen and oxygen atoms in total. The van der Waals surface area contributed by atoms with Gasteiger partial charge in [-0.05, 0) is 75.1 Å².